The summed E-state index contributed by atoms with van der Waals surface area (Å²) in [5.41, 5.74) is -0.0735. The second-order valence-corrected chi connectivity index (χ2v) is 7.38. The van der Waals surface area contributed by atoms with E-state index in [1.165, 1.54) is 0 Å². The van der Waals surface area contributed by atoms with E-state index in [4.69, 9.17) is 0 Å². The predicted molar refractivity (Wildman–Crippen MR) is 60.5 cm³/mol. The van der Waals surface area contributed by atoms with Gasteiger partial charge in [-0.05, 0) is 18.3 Å². The van der Waals surface area contributed by atoms with E-state index in [9.17, 15) is 4.79 Å². The summed E-state index contributed by atoms with van der Waals surface area (Å²) in [4.78, 5) is 12.0. The molecule has 2 rings (SSSR count). The molecule has 3 atom stereocenters. The molecular formula is C10H14Br2O. The van der Waals surface area contributed by atoms with Gasteiger partial charge in [-0.25, -0.2) is 0 Å². The van der Waals surface area contributed by atoms with Gasteiger partial charge in [0.05, 0.1) is 9.15 Å². The summed E-state index contributed by atoms with van der Waals surface area (Å²) in [5.74, 6) is 0.376. The third kappa shape index (κ3) is 0.823. The van der Waals surface area contributed by atoms with Gasteiger partial charge in [-0.3, -0.25) is 4.79 Å². The van der Waals surface area contributed by atoms with Crippen LogP contribution >= 0.6 is 31.9 Å². The highest BCUT2D eigenvalue weighted by Gasteiger charge is 2.73. The van der Waals surface area contributed by atoms with Crippen LogP contribution in [-0.2, 0) is 4.79 Å². The largest absolute Gasteiger partial charge is 0.298 e. The number of ketones is 1. The van der Waals surface area contributed by atoms with Crippen LogP contribution in [0.2, 0.25) is 0 Å². The van der Waals surface area contributed by atoms with Crippen LogP contribution in [0.25, 0.3) is 0 Å². The molecule has 0 N–H and O–H groups in total. The van der Waals surface area contributed by atoms with E-state index in [2.05, 4.69) is 52.6 Å². The number of carbonyl (C=O) groups excluding carboxylic acids is 1. The van der Waals surface area contributed by atoms with Gasteiger partial charge >= 0.3 is 0 Å². The first-order valence-electron chi connectivity index (χ1n) is 4.65. The normalized spacial score (nSPS) is 53.0. The Balaban J connectivity index is 2.61. The molecule has 0 aromatic heterocycles. The Morgan fingerprint density at radius 2 is 1.85 bits per heavy atom. The van der Waals surface area contributed by atoms with Crippen LogP contribution in [0, 0.1) is 10.8 Å². The molecule has 1 nitrogen and oxygen atoms in total. The smallest absolute Gasteiger partial charge is 0.154 e. The Kier molecular flexibility index (Phi) is 1.88. The van der Waals surface area contributed by atoms with Gasteiger partial charge in [-0.2, -0.15) is 0 Å². The summed E-state index contributed by atoms with van der Waals surface area (Å²) < 4.78 is -0.0220. The number of rotatable bonds is 0. The highest BCUT2D eigenvalue weighted by atomic mass is 79.9. The van der Waals surface area contributed by atoms with Crippen molar-refractivity contribution in [1.29, 1.82) is 0 Å². The summed E-state index contributed by atoms with van der Waals surface area (Å²) in [6.45, 7) is 6.52. The number of carbonyl (C=O) groups is 1. The highest BCUT2D eigenvalue weighted by Crippen LogP contribution is 2.70. The van der Waals surface area contributed by atoms with E-state index >= 15 is 0 Å². The van der Waals surface area contributed by atoms with E-state index in [0.717, 1.165) is 12.8 Å². The molecule has 2 bridgehead atoms. The average Bonchev–Trinajstić information content (AvgIpc) is 2.28. The predicted octanol–water partition coefficient (Wildman–Crippen LogP) is 3.29. The van der Waals surface area contributed by atoms with Crippen molar-refractivity contribution in [3.63, 3.8) is 0 Å². The summed E-state index contributed by atoms with van der Waals surface area (Å²) >= 11 is 7.31. The second-order valence-electron chi connectivity index (χ2n) is 5.05. The minimum atomic E-state index is -0.134. The van der Waals surface area contributed by atoms with E-state index in [0.29, 0.717) is 5.78 Å². The monoisotopic (exact) mass is 308 g/mol. The van der Waals surface area contributed by atoms with Gasteiger partial charge in [0.15, 0.2) is 5.78 Å². The zero-order valence-electron chi connectivity index (χ0n) is 8.16. The maximum atomic E-state index is 12.0. The lowest BCUT2D eigenvalue weighted by molar-refractivity contribution is -0.127. The molecule has 2 aliphatic rings. The van der Waals surface area contributed by atoms with Crippen LogP contribution in [0.1, 0.15) is 33.6 Å². The van der Waals surface area contributed by atoms with Crippen molar-refractivity contribution in [2.75, 3.05) is 0 Å². The Hall–Kier alpha value is 0.630. The Bertz CT molecular complexity index is 284. The number of hydrogen-bond acceptors (Lipinski definition) is 1. The third-order valence-electron chi connectivity index (χ3n) is 4.58. The van der Waals surface area contributed by atoms with E-state index < -0.39 is 0 Å². The van der Waals surface area contributed by atoms with Crippen molar-refractivity contribution in [3.05, 3.63) is 0 Å². The zero-order chi connectivity index (χ0) is 10.1. The van der Waals surface area contributed by atoms with Crippen molar-refractivity contribution in [3.8, 4) is 0 Å². The van der Waals surface area contributed by atoms with Gasteiger partial charge in [0.25, 0.3) is 0 Å². The standard InChI is InChI=1S/C10H14Br2O/c1-8(2)9(3)4-5-10(8,12)6(11)7(9)13/h6H,4-5H2,1-3H3/t6-,9-,10-/m1/s1. The zero-order valence-corrected chi connectivity index (χ0v) is 11.3. The average molecular weight is 310 g/mol. The summed E-state index contributed by atoms with van der Waals surface area (Å²) in [6, 6.07) is 0. The van der Waals surface area contributed by atoms with Crippen LogP contribution in [0.4, 0.5) is 0 Å². The van der Waals surface area contributed by atoms with Crippen molar-refractivity contribution >= 4 is 37.6 Å². The molecule has 0 aliphatic heterocycles. The molecule has 2 saturated carbocycles. The van der Waals surface area contributed by atoms with E-state index in [1.807, 2.05) is 0 Å². The Morgan fingerprint density at radius 1 is 1.31 bits per heavy atom. The molecule has 2 fully saturated rings. The summed E-state index contributed by atoms with van der Waals surface area (Å²) in [7, 11) is 0. The molecule has 13 heavy (non-hydrogen) atoms. The fourth-order valence-corrected chi connectivity index (χ4v) is 5.03. The van der Waals surface area contributed by atoms with Crippen molar-refractivity contribution in [1.82, 2.24) is 0 Å². The molecule has 0 radical (unpaired) electrons. The van der Waals surface area contributed by atoms with Crippen molar-refractivity contribution < 1.29 is 4.79 Å². The van der Waals surface area contributed by atoms with Gasteiger partial charge in [-0.1, -0.05) is 52.6 Å². The van der Waals surface area contributed by atoms with Crippen LogP contribution in [0.5, 0.6) is 0 Å². The Labute approximate surface area is 95.9 Å². The molecule has 0 heterocycles. The maximum absolute atomic E-state index is 12.0. The number of Topliss-reactive ketones (excluding diaryl/α,β-unsaturated/α-hetero) is 1. The van der Waals surface area contributed by atoms with Gasteiger partial charge in [0.2, 0.25) is 0 Å². The molecule has 0 unspecified atom stereocenters. The van der Waals surface area contributed by atoms with E-state index in [1.54, 1.807) is 0 Å². The quantitative estimate of drug-likeness (QED) is 0.628. The fourth-order valence-electron chi connectivity index (χ4n) is 2.88. The van der Waals surface area contributed by atoms with Gasteiger partial charge < -0.3 is 0 Å². The number of hydrogen-bond donors (Lipinski definition) is 0. The van der Waals surface area contributed by atoms with Crippen LogP contribution in [-0.4, -0.2) is 14.9 Å². The first kappa shape index (κ1) is 10.2. The fraction of sp³-hybridized carbons (Fsp3) is 0.900. The molecule has 0 amide bonds. The molecule has 0 saturated heterocycles. The first-order valence-corrected chi connectivity index (χ1v) is 6.35. The molecule has 0 spiro atoms. The molecule has 2 aliphatic carbocycles. The lowest BCUT2D eigenvalue weighted by atomic mass is 9.70. The molecular weight excluding hydrogens is 296 g/mol. The van der Waals surface area contributed by atoms with Crippen LogP contribution < -0.4 is 0 Å². The number of alkyl halides is 2. The minimum absolute atomic E-state index is 0.00579. The number of fused-ring (bicyclic) bond motifs is 2. The SMILES string of the molecule is CC1(C)[C@@]2(Br)CC[C@]1(C)C(=O)[C@H]2Br. The molecule has 0 aromatic rings. The minimum Gasteiger partial charge on any atom is -0.298 e. The first-order chi connectivity index (χ1) is 5.77. The summed E-state index contributed by atoms with van der Waals surface area (Å²) in [5, 5.41) is 0. The topological polar surface area (TPSA) is 17.1 Å². The van der Waals surface area contributed by atoms with E-state index in [-0.39, 0.29) is 20.0 Å². The van der Waals surface area contributed by atoms with Gasteiger partial charge in [-0.15, -0.1) is 0 Å². The molecule has 74 valence electrons. The van der Waals surface area contributed by atoms with Gasteiger partial charge in [0.1, 0.15) is 0 Å². The van der Waals surface area contributed by atoms with Crippen LogP contribution in [0.3, 0.4) is 0 Å². The summed E-state index contributed by atoms with van der Waals surface area (Å²) in [6.07, 6.45) is 2.12. The maximum Gasteiger partial charge on any atom is 0.154 e. The molecule has 0 aromatic carbocycles. The lowest BCUT2D eigenvalue weighted by Gasteiger charge is -2.36. The van der Waals surface area contributed by atoms with Crippen LogP contribution in [0.15, 0.2) is 0 Å². The highest BCUT2D eigenvalue weighted by molar-refractivity contribution is 9.12. The second kappa shape index (κ2) is 2.41. The van der Waals surface area contributed by atoms with Gasteiger partial charge in [0, 0.05) is 5.41 Å². The third-order valence-corrected chi connectivity index (χ3v) is 8.24. The molecule has 3 heteroatoms. The van der Waals surface area contributed by atoms with Crippen molar-refractivity contribution in [2.45, 2.75) is 42.8 Å². The Morgan fingerprint density at radius 3 is 2.08 bits per heavy atom. The number of halogens is 2. The van der Waals surface area contributed by atoms with Crippen molar-refractivity contribution in [2.24, 2.45) is 10.8 Å². The lowest BCUT2D eigenvalue weighted by Crippen LogP contribution is -2.38.